The van der Waals surface area contributed by atoms with E-state index in [0.717, 1.165) is 6.07 Å². The molecule has 0 aliphatic carbocycles. The van der Waals surface area contributed by atoms with Crippen molar-refractivity contribution in [3.8, 4) is 5.75 Å². The van der Waals surface area contributed by atoms with E-state index in [-0.39, 0.29) is 11.3 Å². The maximum atomic E-state index is 10.5. The molecule has 0 bridgehead atoms. The molecule has 0 heterocycles. The van der Waals surface area contributed by atoms with Crippen LogP contribution >= 0.6 is 0 Å². The van der Waals surface area contributed by atoms with Gasteiger partial charge in [-0.3, -0.25) is 4.55 Å². The van der Waals surface area contributed by atoms with E-state index in [2.05, 4.69) is 9.22 Å². The van der Waals surface area contributed by atoms with E-state index in [4.69, 9.17) is 9.66 Å². The maximum Gasteiger partial charge on any atom is 0.432 e. The van der Waals surface area contributed by atoms with Crippen LogP contribution in [0.2, 0.25) is 0 Å². The normalized spacial score (nSPS) is 11.0. The molecule has 15 heavy (non-hydrogen) atoms. The Labute approximate surface area is 84.7 Å². The molecule has 1 aromatic carbocycles. The van der Waals surface area contributed by atoms with Gasteiger partial charge in [-0.15, -0.1) is 0 Å². The predicted molar refractivity (Wildman–Crippen MR) is 46.7 cm³/mol. The van der Waals surface area contributed by atoms with Crippen molar-refractivity contribution in [1.29, 1.82) is 0 Å². The van der Waals surface area contributed by atoms with Crippen LogP contribution in [0, 0.1) is 0 Å². The zero-order valence-electron chi connectivity index (χ0n) is 7.15. The van der Waals surface area contributed by atoms with E-state index >= 15 is 0 Å². The van der Waals surface area contributed by atoms with Crippen molar-refractivity contribution in [3.63, 3.8) is 0 Å². The Morgan fingerprint density at radius 1 is 1.33 bits per heavy atom. The third-order valence-electron chi connectivity index (χ3n) is 1.30. The first kappa shape index (κ1) is 11.4. The Kier molecular flexibility index (Phi) is 3.24. The van der Waals surface area contributed by atoms with Gasteiger partial charge in [-0.2, -0.15) is 8.42 Å². The third kappa shape index (κ3) is 3.94. The molecular weight excluding hydrogens is 228 g/mol. The lowest BCUT2D eigenvalue weighted by molar-refractivity contribution is -0.102. The highest BCUT2D eigenvalue weighted by Gasteiger charge is 2.09. The summed E-state index contributed by atoms with van der Waals surface area (Å²) >= 11 is 0. The minimum Gasteiger partial charge on any atom is -0.478 e. The van der Waals surface area contributed by atoms with Gasteiger partial charge in [0.1, 0.15) is 0 Å². The lowest BCUT2D eigenvalue weighted by Gasteiger charge is -2.01. The molecule has 0 unspecified atom stereocenters. The van der Waals surface area contributed by atoms with E-state index in [1.807, 2.05) is 0 Å². The largest absolute Gasteiger partial charge is 0.478 e. The third-order valence-corrected chi connectivity index (χ3v) is 1.54. The summed E-state index contributed by atoms with van der Waals surface area (Å²) in [4.78, 5) is 14.7. The highest BCUT2D eigenvalue weighted by Crippen LogP contribution is 2.14. The Hall–Kier alpha value is -1.64. The quantitative estimate of drug-likeness (QED) is 0.443. The second-order valence-electron chi connectivity index (χ2n) is 2.41. The molecule has 0 saturated heterocycles. The SMILES string of the molecule is O=C(O)c1cccc(OOS(=O)(=O)O)c1. The van der Waals surface area contributed by atoms with Crippen LogP contribution in [0.25, 0.3) is 0 Å². The molecule has 0 radical (unpaired) electrons. The summed E-state index contributed by atoms with van der Waals surface area (Å²) < 4.78 is 32.0. The average Bonchev–Trinajstić information content (AvgIpc) is 2.14. The van der Waals surface area contributed by atoms with Crippen molar-refractivity contribution in [2.45, 2.75) is 0 Å². The number of benzene rings is 1. The number of rotatable bonds is 4. The highest BCUT2D eigenvalue weighted by molar-refractivity contribution is 7.80. The van der Waals surface area contributed by atoms with Crippen LogP contribution in [0.5, 0.6) is 5.75 Å². The fourth-order valence-electron chi connectivity index (χ4n) is 0.763. The number of carbonyl (C=O) groups is 1. The molecule has 0 fully saturated rings. The predicted octanol–water partition coefficient (Wildman–Crippen LogP) is 0.498. The van der Waals surface area contributed by atoms with Crippen LogP contribution < -0.4 is 4.89 Å². The standard InChI is InChI=1S/C7H6O7S/c8-7(9)5-2-1-3-6(4-5)13-14-15(10,11)12/h1-4H,(H,8,9)(H,10,11,12). The monoisotopic (exact) mass is 234 g/mol. The first-order chi connectivity index (χ1) is 6.88. The van der Waals surface area contributed by atoms with Crippen LogP contribution in [0.1, 0.15) is 10.4 Å². The van der Waals surface area contributed by atoms with Crippen LogP contribution in [0.15, 0.2) is 24.3 Å². The van der Waals surface area contributed by atoms with Crippen LogP contribution in [0.4, 0.5) is 0 Å². The van der Waals surface area contributed by atoms with Gasteiger partial charge in [0.25, 0.3) is 0 Å². The molecule has 7 nitrogen and oxygen atoms in total. The molecule has 0 amide bonds. The molecule has 0 aromatic heterocycles. The zero-order valence-corrected chi connectivity index (χ0v) is 7.97. The number of carboxylic acid groups (broad SMARTS) is 1. The van der Waals surface area contributed by atoms with Gasteiger partial charge in [0.05, 0.1) is 5.56 Å². The van der Waals surface area contributed by atoms with Gasteiger partial charge in [0.2, 0.25) is 0 Å². The average molecular weight is 234 g/mol. The number of hydrogen-bond acceptors (Lipinski definition) is 5. The van der Waals surface area contributed by atoms with Gasteiger partial charge < -0.3 is 9.99 Å². The van der Waals surface area contributed by atoms with Crippen LogP contribution in [-0.4, -0.2) is 24.0 Å². The molecule has 0 atom stereocenters. The Morgan fingerprint density at radius 2 is 2.00 bits per heavy atom. The Balaban J connectivity index is 2.79. The summed E-state index contributed by atoms with van der Waals surface area (Å²) in [5, 5.41) is 8.57. The summed E-state index contributed by atoms with van der Waals surface area (Å²) in [6, 6.07) is 4.90. The number of aromatic carboxylic acids is 1. The van der Waals surface area contributed by atoms with Crippen molar-refractivity contribution >= 4 is 16.4 Å². The molecule has 0 saturated carbocycles. The fourth-order valence-corrected chi connectivity index (χ4v) is 0.928. The van der Waals surface area contributed by atoms with E-state index in [9.17, 15) is 13.2 Å². The minimum absolute atomic E-state index is 0.105. The zero-order chi connectivity index (χ0) is 11.5. The first-order valence-corrected chi connectivity index (χ1v) is 4.92. The van der Waals surface area contributed by atoms with Crippen LogP contribution in [0.3, 0.4) is 0 Å². The summed E-state index contributed by atoms with van der Waals surface area (Å²) in [5.41, 5.74) is -0.105. The fraction of sp³-hybridized carbons (Fsp3) is 0. The van der Waals surface area contributed by atoms with Crippen LogP contribution in [-0.2, 0) is 14.7 Å². The van der Waals surface area contributed by atoms with Gasteiger partial charge in [-0.05, 0) is 22.5 Å². The summed E-state index contributed by atoms with van der Waals surface area (Å²) in [7, 11) is -4.73. The van der Waals surface area contributed by atoms with Crippen molar-refractivity contribution in [1.82, 2.24) is 0 Å². The Morgan fingerprint density at radius 3 is 2.53 bits per heavy atom. The maximum absolute atomic E-state index is 10.5. The molecule has 8 heteroatoms. The number of carboxylic acids is 1. The summed E-state index contributed by atoms with van der Waals surface area (Å²) in [6.45, 7) is 0. The van der Waals surface area contributed by atoms with E-state index < -0.39 is 16.4 Å². The molecule has 1 rings (SSSR count). The lowest BCUT2D eigenvalue weighted by atomic mass is 10.2. The molecule has 2 N–H and O–H groups in total. The van der Waals surface area contributed by atoms with Gasteiger partial charge >= 0.3 is 16.4 Å². The first-order valence-electron chi connectivity index (χ1n) is 3.55. The van der Waals surface area contributed by atoms with Gasteiger partial charge in [0.15, 0.2) is 5.75 Å². The molecular formula is C7H6O7S. The highest BCUT2D eigenvalue weighted by atomic mass is 32.3. The number of hydrogen-bond donors (Lipinski definition) is 2. The molecule has 0 spiro atoms. The molecule has 0 aliphatic rings. The summed E-state index contributed by atoms with van der Waals surface area (Å²) in [6.07, 6.45) is 0. The second-order valence-corrected chi connectivity index (χ2v) is 3.40. The van der Waals surface area contributed by atoms with Crippen molar-refractivity contribution < 1.29 is 32.1 Å². The van der Waals surface area contributed by atoms with Crippen molar-refractivity contribution in [2.75, 3.05) is 0 Å². The Bertz CT molecular complexity index is 464. The van der Waals surface area contributed by atoms with E-state index in [0.29, 0.717) is 0 Å². The van der Waals surface area contributed by atoms with E-state index in [1.54, 1.807) is 0 Å². The molecule has 0 aliphatic heterocycles. The molecule has 1 aromatic rings. The lowest BCUT2D eigenvalue weighted by Crippen LogP contribution is -2.07. The van der Waals surface area contributed by atoms with Gasteiger partial charge in [-0.1, -0.05) is 6.07 Å². The smallest absolute Gasteiger partial charge is 0.432 e. The van der Waals surface area contributed by atoms with Crippen molar-refractivity contribution in [2.24, 2.45) is 0 Å². The van der Waals surface area contributed by atoms with Crippen molar-refractivity contribution in [3.05, 3.63) is 29.8 Å². The summed E-state index contributed by atoms with van der Waals surface area (Å²) in [5.74, 6) is -1.36. The van der Waals surface area contributed by atoms with Gasteiger partial charge in [0, 0.05) is 0 Å². The molecule has 82 valence electrons. The second kappa shape index (κ2) is 4.26. The topological polar surface area (TPSA) is 110 Å². The van der Waals surface area contributed by atoms with Gasteiger partial charge in [-0.25, -0.2) is 4.79 Å². The van der Waals surface area contributed by atoms with E-state index in [1.165, 1.54) is 18.2 Å². The minimum atomic E-state index is -4.73.